The Morgan fingerprint density at radius 3 is 2.39 bits per heavy atom. The van der Waals surface area contributed by atoms with E-state index in [9.17, 15) is 9.59 Å². The van der Waals surface area contributed by atoms with Gasteiger partial charge in [-0.05, 0) is 51.2 Å². The first-order valence-electron chi connectivity index (χ1n) is 7.96. The van der Waals surface area contributed by atoms with E-state index in [-0.39, 0.29) is 12.0 Å². The highest BCUT2D eigenvalue weighted by Gasteiger charge is 2.27. The first kappa shape index (κ1) is 17.2. The number of ether oxygens (including phenoxy) is 1. The lowest BCUT2D eigenvalue weighted by molar-refractivity contribution is -0.114. The summed E-state index contributed by atoms with van der Waals surface area (Å²) in [5.74, 6) is 0.816. The fourth-order valence-corrected chi connectivity index (χ4v) is 2.62. The molecule has 0 aliphatic carbocycles. The number of carbonyl (C=O) groups excluding carboxylic acids is 2. The Balaban J connectivity index is 1.89. The van der Waals surface area contributed by atoms with Crippen molar-refractivity contribution in [3.8, 4) is 0 Å². The number of rotatable bonds is 2. The van der Waals surface area contributed by atoms with E-state index in [1.807, 2.05) is 32.9 Å². The Morgan fingerprint density at radius 2 is 1.91 bits per heavy atom. The fourth-order valence-electron chi connectivity index (χ4n) is 2.62. The lowest BCUT2D eigenvalue weighted by Crippen LogP contribution is -2.41. The third kappa shape index (κ3) is 5.23. The van der Waals surface area contributed by atoms with Crippen LogP contribution in [0.5, 0.6) is 0 Å². The van der Waals surface area contributed by atoms with Crippen LogP contribution in [0.2, 0.25) is 0 Å². The molecule has 1 aliphatic heterocycles. The SMILES string of the molecule is CC(=O)Nc1ccc(C2CCN(C(=O)OC(C)(C)C)CC2)cn1. The van der Waals surface area contributed by atoms with E-state index in [1.54, 1.807) is 11.1 Å². The molecule has 2 amide bonds. The van der Waals surface area contributed by atoms with Gasteiger partial charge in [0.25, 0.3) is 0 Å². The molecule has 1 aromatic heterocycles. The molecule has 0 spiro atoms. The number of anilines is 1. The van der Waals surface area contributed by atoms with E-state index >= 15 is 0 Å². The molecule has 2 rings (SSSR count). The Hall–Kier alpha value is -2.11. The summed E-state index contributed by atoms with van der Waals surface area (Å²) < 4.78 is 5.41. The van der Waals surface area contributed by atoms with E-state index < -0.39 is 5.60 Å². The van der Waals surface area contributed by atoms with Crippen LogP contribution in [0, 0.1) is 0 Å². The molecule has 126 valence electrons. The number of aromatic nitrogens is 1. The summed E-state index contributed by atoms with van der Waals surface area (Å²) in [5, 5.41) is 2.66. The van der Waals surface area contributed by atoms with Gasteiger partial charge >= 0.3 is 6.09 Å². The van der Waals surface area contributed by atoms with Crippen LogP contribution in [0.3, 0.4) is 0 Å². The van der Waals surface area contributed by atoms with E-state index in [1.165, 1.54) is 6.92 Å². The molecule has 1 N–H and O–H groups in total. The number of likely N-dealkylation sites (tertiary alicyclic amines) is 1. The van der Waals surface area contributed by atoms with Crippen LogP contribution in [-0.2, 0) is 9.53 Å². The molecule has 6 nitrogen and oxygen atoms in total. The second kappa shape index (κ2) is 6.98. The van der Waals surface area contributed by atoms with Gasteiger partial charge in [-0.15, -0.1) is 0 Å². The van der Waals surface area contributed by atoms with E-state index in [0.717, 1.165) is 18.4 Å². The Kier molecular flexibility index (Phi) is 5.23. The molecule has 0 unspecified atom stereocenters. The van der Waals surface area contributed by atoms with Gasteiger partial charge in [-0.1, -0.05) is 6.07 Å². The normalized spacial score (nSPS) is 16.1. The smallest absolute Gasteiger partial charge is 0.410 e. The zero-order chi connectivity index (χ0) is 17.0. The average molecular weight is 319 g/mol. The first-order chi connectivity index (χ1) is 10.7. The fraction of sp³-hybridized carbons (Fsp3) is 0.588. The monoisotopic (exact) mass is 319 g/mol. The molecular weight excluding hydrogens is 294 g/mol. The second-order valence-electron chi connectivity index (χ2n) is 6.90. The van der Waals surface area contributed by atoms with Crippen LogP contribution in [0.15, 0.2) is 18.3 Å². The summed E-state index contributed by atoms with van der Waals surface area (Å²) in [6, 6.07) is 3.81. The van der Waals surface area contributed by atoms with E-state index in [2.05, 4.69) is 10.3 Å². The predicted octanol–water partition coefficient (Wildman–Crippen LogP) is 3.15. The highest BCUT2D eigenvalue weighted by molar-refractivity contribution is 5.87. The number of piperidine rings is 1. The van der Waals surface area contributed by atoms with Gasteiger partial charge in [-0.3, -0.25) is 4.79 Å². The second-order valence-corrected chi connectivity index (χ2v) is 6.90. The van der Waals surface area contributed by atoms with Crippen molar-refractivity contribution in [2.24, 2.45) is 0 Å². The van der Waals surface area contributed by atoms with Crippen LogP contribution < -0.4 is 5.32 Å². The molecule has 0 radical (unpaired) electrons. The zero-order valence-electron chi connectivity index (χ0n) is 14.3. The molecular formula is C17H25N3O3. The Bertz CT molecular complexity index is 555. The number of carbonyl (C=O) groups is 2. The van der Waals surface area contributed by atoms with Gasteiger partial charge in [0.1, 0.15) is 11.4 Å². The van der Waals surface area contributed by atoms with Crippen molar-refractivity contribution in [2.75, 3.05) is 18.4 Å². The number of amides is 2. The minimum absolute atomic E-state index is 0.129. The van der Waals surface area contributed by atoms with Crippen LogP contribution in [0.25, 0.3) is 0 Å². The van der Waals surface area contributed by atoms with Crippen LogP contribution >= 0.6 is 0 Å². The van der Waals surface area contributed by atoms with Gasteiger partial charge in [0, 0.05) is 26.2 Å². The van der Waals surface area contributed by atoms with Crippen LogP contribution in [0.4, 0.5) is 10.6 Å². The maximum absolute atomic E-state index is 12.1. The quantitative estimate of drug-likeness (QED) is 0.909. The molecule has 2 heterocycles. The van der Waals surface area contributed by atoms with Crippen LogP contribution in [0.1, 0.15) is 52.0 Å². The Labute approximate surface area is 137 Å². The molecule has 1 fully saturated rings. The van der Waals surface area contributed by atoms with Crippen molar-refractivity contribution in [1.82, 2.24) is 9.88 Å². The van der Waals surface area contributed by atoms with Crippen LogP contribution in [-0.4, -0.2) is 40.6 Å². The van der Waals surface area contributed by atoms with Gasteiger partial charge in [0.2, 0.25) is 5.91 Å². The van der Waals surface area contributed by atoms with Gasteiger partial charge in [0.05, 0.1) is 0 Å². The average Bonchev–Trinajstić information content (AvgIpc) is 2.46. The van der Waals surface area contributed by atoms with Crippen molar-refractivity contribution < 1.29 is 14.3 Å². The molecule has 1 aromatic rings. The number of nitrogens with zero attached hydrogens (tertiary/aromatic N) is 2. The van der Waals surface area contributed by atoms with Crippen molar-refractivity contribution in [2.45, 2.75) is 52.1 Å². The summed E-state index contributed by atoms with van der Waals surface area (Å²) in [6.07, 6.45) is 3.34. The zero-order valence-corrected chi connectivity index (χ0v) is 14.3. The van der Waals surface area contributed by atoms with Gasteiger partial charge in [0.15, 0.2) is 0 Å². The molecule has 0 atom stereocenters. The minimum Gasteiger partial charge on any atom is -0.444 e. The van der Waals surface area contributed by atoms with Crippen molar-refractivity contribution in [1.29, 1.82) is 0 Å². The Morgan fingerprint density at radius 1 is 1.26 bits per heavy atom. The number of nitrogens with one attached hydrogen (secondary N) is 1. The summed E-state index contributed by atoms with van der Waals surface area (Å²) in [5.41, 5.74) is 0.681. The molecule has 1 saturated heterocycles. The topological polar surface area (TPSA) is 71.5 Å². The predicted molar refractivity (Wildman–Crippen MR) is 88.3 cm³/mol. The highest BCUT2D eigenvalue weighted by Crippen LogP contribution is 2.28. The lowest BCUT2D eigenvalue weighted by atomic mass is 9.90. The van der Waals surface area contributed by atoms with Gasteiger partial charge < -0.3 is 15.0 Å². The maximum Gasteiger partial charge on any atom is 0.410 e. The standard InChI is InChI=1S/C17H25N3O3/c1-12(21)19-15-6-5-14(11-18-15)13-7-9-20(10-8-13)16(22)23-17(2,3)4/h5-6,11,13H,7-10H2,1-4H3,(H,18,19,21). The summed E-state index contributed by atoms with van der Waals surface area (Å²) >= 11 is 0. The van der Waals surface area contributed by atoms with Gasteiger partial charge in [-0.2, -0.15) is 0 Å². The molecule has 0 bridgehead atoms. The number of hydrogen-bond acceptors (Lipinski definition) is 4. The summed E-state index contributed by atoms with van der Waals surface area (Å²) in [6.45, 7) is 8.46. The van der Waals surface area contributed by atoms with E-state index in [0.29, 0.717) is 24.8 Å². The summed E-state index contributed by atoms with van der Waals surface area (Å²) in [7, 11) is 0. The molecule has 23 heavy (non-hydrogen) atoms. The van der Waals surface area contributed by atoms with Crippen molar-refractivity contribution in [3.05, 3.63) is 23.9 Å². The summed E-state index contributed by atoms with van der Waals surface area (Å²) in [4.78, 5) is 29.1. The minimum atomic E-state index is -0.461. The van der Waals surface area contributed by atoms with Gasteiger partial charge in [-0.25, -0.2) is 9.78 Å². The molecule has 6 heteroatoms. The van der Waals surface area contributed by atoms with E-state index in [4.69, 9.17) is 4.74 Å². The van der Waals surface area contributed by atoms with Crippen molar-refractivity contribution >= 4 is 17.8 Å². The third-order valence-electron chi connectivity index (χ3n) is 3.71. The molecule has 1 aliphatic rings. The molecule has 0 saturated carbocycles. The number of hydrogen-bond donors (Lipinski definition) is 1. The maximum atomic E-state index is 12.1. The van der Waals surface area contributed by atoms with Crippen molar-refractivity contribution in [3.63, 3.8) is 0 Å². The third-order valence-corrected chi connectivity index (χ3v) is 3.71. The lowest BCUT2D eigenvalue weighted by Gasteiger charge is -2.33. The molecule has 0 aromatic carbocycles. The number of pyridine rings is 1. The first-order valence-corrected chi connectivity index (χ1v) is 7.96. The highest BCUT2D eigenvalue weighted by atomic mass is 16.6. The largest absolute Gasteiger partial charge is 0.444 e.